The highest BCUT2D eigenvalue weighted by Crippen LogP contribution is 2.22. The van der Waals surface area contributed by atoms with E-state index in [-0.39, 0.29) is 5.82 Å². The minimum atomic E-state index is -0.0827. The fourth-order valence-electron chi connectivity index (χ4n) is 1.97. The molecular weight excluding hydrogens is 221 g/mol. The van der Waals surface area contributed by atoms with Crippen LogP contribution in [0.2, 0.25) is 0 Å². The molecule has 0 saturated carbocycles. The second-order valence-electron chi connectivity index (χ2n) is 4.28. The van der Waals surface area contributed by atoms with Crippen LogP contribution in [0.1, 0.15) is 12.0 Å². The molecule has 1 fully saturated rings. The van der Waals surface area contributed by atoms with Gasteiger partial charge in [-0.05, 0) is 55.0 Å². The van der Waals surface area contributed by atoms with E-state index in [0.29, 0.717) is 0 Å². The molecule has 0 spiro atoms. The van der Waals surface area contributed by atoms with Crippen LogP contribution in [-0.2, 0) is 6.42 Å². The molecule has 1 atom stereocenters. The van der Waals surface area contributed by atoms with Gasteiger partial charge in [-0.2, -0.15) is 11.8 Å². The fraction of sp³-hybridized carbons (Fsp3) is 0.538. The van der Waals surface area contributed by atoms with Crippen LogP contribution >= 0.6 is 11.8 Å². The molecule has 1 aromatic rings. The molecule has 3 heteroatoms. The zero-order valence-electron chi connectivity index (χ0n) is 9.42. The summed E-state index contributed by atoms with van der Waals surface area (Å²) in [5, 5.41) is 3.42. The average molecular weight is 239 g/mol. The maximum Gasteiger partial charge on any atom is 0.126 e. The lowest BCUT2D eigenvalue weighted by Crippen LogP contribution is -2.25. The molecule has 1 heterocycles. The van der Waals surface area contributed by atoms with Gasteiger partial charge < -0.3 is 5.32 Å². The summed E-state index contributed by atoms with van der Waals surface area (Å²) in [6, 6.07) is 7.03. The molecule has 2 rings (SSSR count). The predicted octanol–water partition coefficient (Wildman–Crippen LogP) is 2.71. The Morgan fingerprint density at radius 3 is 3.00 bits per heavy atom. The van der Waals surface area contributed by atoms with Crippen molar-refractivity contribution in [1.82, 2.24) is 5.32 Å². The SMILES string of the molecule is Fc1ccccc1CCNCC1CCSC1. The van der Waals surface area contributed by atoms with Gasteiger partial charge in [-0.25, -0.2) is 4.39 Å². The van der Waals surface area contributed by atoms with Gasteiger partial charge in [-0.1, -0.05) is 18.2 Å². The minimum absolute atomic E-state index is 0.0827. The Hall–Kier alpha value is -0.540. The first kappa shape index (κ1) is 11.9. The number of hydrogen-bond acceptors (Lipinski definition) is 2. The van der Waals surface area contributed by atoms with E-state index >= 15 is 0 Å². The number of thioether (sulfide) groups is 1. The van der Waals surface area contributed by atoms with Crippen LogP contribution in [0, 0.1) is 11.7 Å². The Balaban J connectivity index is 1.66. The Kier molecular flexibility index (Phi) is 4.67. The van der Waals surface area contributed by atoms with Gasteiger partial charge in [-0.15, -0.1) is 0 Å². The van der Waals surface area contributed by atoms with E-state index in [9.17, 15) is 4.39 Å². The van der Waals surface area contributed by atoms with Gasteiger partial charge >= 0.3 is 0 Å². The van der Waals surface area contributed by atoms with E-state index in [1.54, 1.807) is 6.07 Å². The largest absolute Gasteiger partial charge is 0.316 e. The maximum absolute atomic E-state index is 13.3. The number of halogens is 1. The summed E-state index contributed by atoms with van der Waals surface area (Å²) in [6.45, 7) is 1.96. The van der Waals surface area contributed by atoms with Gasteiger partial charge in [0.25, 0.3) is 0 Å². The van der Waals surface area contributed by atoms with Crippen molar-refractivity contribution in [3.05, 3.63) is 35.6 Å². The first-order valence-corrected chi connectivity index (χ1v) is 7.03. The van der Waals surface area contributed by atoms with Gasteiger partial charge in [0.05, 0.1) is 0 Å². The quantitative estimate of drug-likeness (QED) is 0.793. The normalized spacial score (nSPS) is 20.2. The summed E-state index contributed by atoms with van der Waals surface area (Å²) in [5.74, 6) is 3.33. The van der Waals surface area contributed by atoms with Crippen LogP contribution in [0.5, 0.6) is 0 Å². The molecule has 0 aliphatic carbocycles. The summed E-state index contributed by atoms with van der Waals surface area (Å²) in [6.07, 6.45) is 2.11. The first-order chi connectivity index (χ1) is 7.86. The van der Waals surface area contributed by atoms with E-state index in [2.05, 4.69) is 5.32 Å². The average Bonchev–Trinajstić information content (AvgIpc) is 2.79. The summed E-state index contributed by atoms with van der Waals surface area (Å²) in [7, 11) is 0. The maximum atomic E-state index is 13.3. The van der Waals surface area contributed by atoms with Crippen molar-refractivity contribution in [2.24, 2.45) is 5.92 Å². The van der Waals surface area contributed by atoms with Crippen LogP contribution in [0.25, 0.3) is 0 Å². The molecule has 0 aromatic heterocycles. The van der Waals surface area contributed by atoms with Crippen molar-refractivity contribution in [2.75, 3.05) is 24.6 Å². The standard InChI is InChI=1S/C13H18FNS/c14-13-4-2-1-3-12(13)5-7-15-9-11-6-8-16-10-11/h1-4,11,15H,5-10H2. The second-order valence-corrected chi connectivity index (χ2v) is 5.42. The van der Waals surface area contributed by atoms with E-state index < -0.39 is 0 Å². The van der Waals surface area contributed by atoms with Crippen molar-refractivity contribution in [1.29, 1.82) is 0 Å². The van der Waals surface area contributed by atoms with E-state index in [1.807, 2.05) is 23.9 Å². The van der Waals surface area contributed by atoms with Crippen molar-refractivity contribution < 1.29 is 4.39 Å². The highest BCUT2D eigenvalue weighted by atomic mass is 32.2. The van der Waals surface area contributed by atoms with Crippen LogP contribution in [-0.4, -0.2) is 24.6 Å². The Morgan fingerprint density at radius 1 is 1.38 bits per heavy atom. The molecule has 88 valence electrons. The Labute approximate surface area is 101 Å². The summed E-state index contributed by atoms with van der Waals surface area (Å²) in [4.78, 5) is 0. The number of hydrogen-bond donors (Lipinski definition) is 1. The van der Waals surface area contributed by atoms with Gasteiger partial charge in [-0.3, -0.25) is 0 Å². The van der Waals surface area contributed by atoms with Crippen LogP contribution in [0.4, 0.5) is 4.39 Å². The molecule has 1 unspecified atom stereocenters. The number of rotatable bonds is 5. The van der Waals surface area contributed by atoms with Gasteiger partial charge in [0.2, 0.25) is 0 Å². The van der Waals surface area contributed by atoms with Crippen LogP contribution in [0.3, 0.4) is 0 Å². The van der Waals surface area contributed by atoms with Gasteiger partial charge in [0, 0.05) is 0 Å². The van der Waals surface area contributed by atoms with Crippen LogP contribution in [0.15, 0.2) is 24.3 Å². The third-order valence-corrected chi connectivity index (χ3v) is 4.22. The van der Waals surface area contributed by atoms with Crippen molar-refractivity contribution in [3.63, 3.8) is 0 Å². The molecule has 1 N–H and O–H groups in total. The molecular formula is C13H18FNS. The smallest absolute Gasteiger partial charge is 0.126 e. The van der Waals surface area contributed by atoms with Crippen molar-refractivity contribution in [3.8, 4) is 0 Å². The molecule has 1 aromatic carbocycles. The zero-order chi connectivity index (χ0) is 11.2. The lowest BCUT2D eigenvalue weighted by atomic mass is 10.1. The van der Waals surface area contributed by atoms with Crippen molar-refractivity contribution >= 4 is 11.8 Å². The third kappa shape index (κ3) is 3.49. The Bertz CT molecular complexity index is 323. The summed E-state index contributed by atoms with van der Waals surface area (Å²) >= 11 is 2.04. The molecule has 1 saturated heterocycles. The fourth-order valence-corrected chi connectivity index (χ4v) is 3.26. The molecule has 0 bridgehead atoms. The summed E-state index contributed by atoms with van der Waals surface area (Å²) in [5.41, 5.74) is 0.816. The molecule has 0 radical (unpaired) electrons. The molecule has 1 nitrogen and oxygen atoms in total. The third-order valence-electron chi connectivity index (χ3n) is 2.99. The number of nitrogens with one attached hydrogen (secondary N) is 1. The molecule has 16 heavy (non-hydrogen) atoms. The van der Waals surface area contributed by atoms with E-state index in [4.69, 9.17) is 0 Å². The predicted molar refractivity (Wildman–Crippen MR) is 68.4 cm³/mol. The lowest BCUT2D eigenvalue weighted by molar-refractivity contribution is 0.521. The minimum Gasteiger partial charge on any atom is -0.316 e. The topological polar surface area (TPSA) is 12.0 Å². The number of benzene rings is 1. The van der Waals surface area contributed by atoms with Gasteiger partial charge in [0.1, 0.15) is 5.82 Å². The Morgan fingerprint density at radius 2 is 2.25 bits per heavy atom. The zero-order valence-corrected chi connectivity index (χ0v) is 10.2. The summed E-state index contributed by atoms with van der Waals surface area (Å²) < 4.78 is 13.3. The first-order valence-electron chi connectivity index (χ1n) is 5.88. The molecule has 1 aliphatic rings. The van der Waals surface area contributed by atoms with Crippen LogP contribution < -0.4 is 5.32 Å². The van der Waals surface area contributed by atoms with E-state index in [1.165, 1.54) is 24.0 Å². The van der Waals surface area contributed by atoms with Gasteiger partial charge in [0.15, 0.2) is 0 Å². The highest BCUT2D eigenvalue weighted by Gasteiger charge is 2.14. The second kappa shape index (κ2) is 6.26. The molecule has 0 amide bonds. The van der Waals surface area contributed by atoms with E-state index in [0.717, 1.165) is 31.0 Å². The lowest BCUT2D eigenvalue weighted by Gasteiger charge is -2.10. The van der Waals surface area contributed by atoms with Crippen molar-refractivity contribution in [2.45, 2.75) is 12.8 Å². The monoisotopic (exact) mass is 239 g/mol. The highest BCUT2D eigenvalue weighted by molar-refractivity contribution is 7.99. The molecule has 1 aliphatic heterocycles.